The molecule has 1 heterocycles. The number of esters is 1. The van der Waals surface area contributed by atoms with Crippen molar-refractivity contribution in [3.8, 4) is 5.75 Å². The van der Waals surface area contributed by atoms with E-state index in [1.54, 1.807) is 18.6 Å². The molecule has 1 N–H and O–H groups in total. The molecule has 1 amide bonds. The number of thiazole rings is 1. The van der Waals surface area contributed by atoms with Crippen molar-refractivity contribution in [2.24, 2.45) is 0 Å². The van der Waals surface area contributed by atoms with Gasteiger partial charge in [0, 0.05) is 16.6 Å². The van der Waals surface area contributed by atoms with Gasteiger partial charge in [0.15, 0.2) is 0 Å². The average molecular weight is 499 g/mol. The van der Waals surface area contributed by atoms with E-state index in [4.69, 9.17) is 9.47 Å². The van der Waals surface area contributed by atoms with Crippen LogP contribution in [0.5, 0.6) is 5.75 Å². The van der Waals surface area contributed by atoms with Crippen LogP contribution in [0, 0.1) is 6.92 Å². The van der Waals surface area contributed by atoms with Gasteiger partial charge in [-0.3, -0.25) is 4.79 Å². The van der Waals surface area contributed by atoms with Gasteiger partial charge in [-0.1, -0.05) is 66.2 Å². The quantitative estimate of drug-likeness (QED) is 0.176. The van der Waals surface area contributed by atoms with Crippen molar-refractivity contribution in [1.82, 2.24) is 4.98 Å². The zero-order valence-electron chi connectivity index (χ0n) is 20.1. The minimum atomic E-state index is -0.473. The number of anilines is 1. The molecule has 0 saturated carbocycles. The van der Waals surface area contributed by atoms with Gasteiger partial charge in [0.25, 0.3) is 0 Å². The molecule has 0 unspecified atom stereocenters. The summed E-state index contributed by atoms with van der Waals surface area (Å²) < 4.78 is 11.0. The number of para-hydroxylation sites is 1. The number of methoxy groups -OCH3 is 1. The van der Waals surface area contributed by atoms with E-state index < -0.39 is 5.97 Å². The summed E-state index contributed by atoms with van der Waals surface area (Å²) in [5.74, 6) is 0.0356. The lowest BCUT2D eigenvalue weighted by Crippen LogP contribution is -2.14. The van der Waals surface area contributed by atoms with Gasteiger partial charge in [-0.05, 0) is 36.8 Å². The lowest BCUT2D eigenvalue weighted by atomic mass is 10.0. The molecule has 182 valence electrons. The molecule has 0 atom stereocenters. The number of carbonyl (C=O) groups excluding carboxylic acids is 2. The highest BCUT2D eigenvalue weighted by Gasteiger charge is 2.16. The van der Waals surface area contributed by atoms with Crippen LogP contribution in [0.3, 0.4) is 0 Å². The number of aryl methyl sites for hydroxylation is 1. The lowest BCUT2D eigenvalue weighted by Gasteiger charge is -2.10. The molecule has 0 radical (unpaired) electrons. The Morgan fingerprint density at radius 2 is 1.69 bits per heavy atom. The number of rotatable bonds is 9. The maximum absolute atomic E-state index is 13.1. The summed E-state index contributed by atoms with van der Waals surface area (Å²) in [5, 5.41) is 5.32. The third-order valence-corrected chi connectivity index (χ3v) is 6.24. The van der Waals surface area contributed by atoms with Crippen molar-refractivity contribution < 1.29 is 19.1 Å². The number of hydrogen-bond acceptors (Lipinski definition) is 6. The van der Waals surface area contributed by atoms with Crippen LogP contribution < -0.4 is 10.1 Å². The molecule has 1 aromatic heterocycles. The van der Waals surface area contributed by atoms with E-state index in [2.05, 4.69) is 10.3 Å². The van der Waals surface area contributed by atoms with Crippen LogP contribution in [-0.2, 0) is 27.4 Å². The molecule has 0 saturated heterocycles. The van der Waals surface area contributed by atoms with Crippen LogP contribution in [0.2, 0.25) is 0 Å². The van der Waals surface area contributed by atoms with Gasteiger partial charge in [0.2, 0.25) is 5.91 Å². The molecule has 0 fully saturated rings. The summed E-state index contributed by atoms with van der Waals surface area (Å²) in [6.45, 7) is 2.00. The van der Waals surface area contributed by atoms with E-state index in [0.717, 1.165) is 22.4 Å². The zero-order valence-corrected chi connectivity index (χ0v) is 20.9. The largest absolute Gasteiger partial charge is 0.496 e. The van der Waals surface area contributed by atoms with E-state index in [9.17, 15) is 9.59 Å². The maximum atomic E-state index is 13.1. The van der Waals surface area contributed by atoms with Crippen molar-refractivity contribution in [3.05, 3.63) is 112 Å². The summed E-state index contributed by atoms with van der Waals surface area (Å²) in [4.78, 5) is 29.9. The monoisotopic (exact) mass is 498 g/mol. The average Bonchev–Trinajstić information content (AvgIpc) is 3.35. The van der Waals surface area contributed by atoms with Crippen LogP contribution in [0.25, 0.3) is 11.6 Å². The molecule has 0 bridgehead atoms. The summed E-state index contributed by atoms with van der Waals surface area (Å²) >= 11 is 1.36. The molecule has 7 heteroatoms. The van der Waals surface area contributed by atoms with Crippen molar-refractivity contribution in [2.45, 2.75) is 20.0 Å². The van der Waals surface area contributed by atoms with E-state index in [1.807, 2.05) is 85.8 Å². The number of ether oxygens (including phenoxy) is 2. The Bertz CT molecular complexity index is 1360. The second kappa shape index (κ2) is 12.0. The molecule has 0 aliphatic rings. The SMILES string of the molecule is COc1ccccc1/C=C(/C(=O)OCc1csc(CC(=O)Nc2ccc(C)cc2)n1)c1ccccc1. The number of benzene rings is 3. The molecule has 4 rings (SSSR count). The number of amides is 1. The lowest BCUT2D eigenvalue weighted by molar-refractivity contribution is -0.137. The maximum Gasteiger partial charge on any atom is 0.339 e. The van der Waals surface area contributed by atoms with Crippen LogP contribution in [0.15, 0.2) is 84.2 Å². The minimum absolute atomic E-state index is 0.00497. The van der Waals surface area contributed by atoms with Gasteiger partial charge in [0.1, 0.15) is 17.4 Å². The number of aromatic nitrogens is 1. The van der Waals surface area contributed by atoms with E-state index in [-0.39, 0.29) is 18.9 Å². The summed E-state index contributed by atoms with van der Waals surface area (Å²) in [6.07, 6.45) is 1.91. The topological polar surface area (TPSA) is 77.5 Å². The van der Waals surface area contributed by atoms with Crippen LogP contribution in [0.1, 0.15) is 27.4 Å². The summed E-state index contributed by atoms with van der Waals surface area (Å²) in [7, 11) is 1.59. The van der Waals surface area contributed by atoms with E-state index in [0.29, 0.717) is 22.0 Å². The number of carbonyl (C=O) groups is 2. The van der Waals surface area contributed by atoms with Gasteiger partial charge in [0.05, 0.1) is 24.8 Å². The third kappa shape index (κ3) is 6.67. The third-order valence-electron chi connectivity index (χ3n) is 5.34. The first-order valence-electron chi connectivity index (χ1n) is 11.4. The van der Waals surface area contributed by atoms with E-state index in [1.165, 1.54) is 11.3 Å². The van der Waals surface area contributed by atoms with E-state index >= 15 is 0 Å². The first-order valence-corrected chi connectivity index (χ1v) is 12.3. The van der Waals surface area contributed by atoms with Crippen molar-refractivity contribution in [1.29, 1.82) is 0 Å². The number of nitrogens with one attached hydrogen (secondary N) is 1. The predicted molar refractivity (Wildman–Crippen MR) is 143 cm³/mol. The molecule has 0 spiro atoms. The predicted octanol–water partition coefficient (Wildman–Crippen LogP) is 5.93. The van der Waals surface area contributed by atoms with Gasteiger partial charge in [-0.25, -0.2) is 9.78 Å². The Balaban J connectivity index is 1.42. The summed E-state index contributed by atoms with van der Waals surface area (Å²) in [5.41, 5.74) is 4.38. The Morgan fingerprint density at radius 1 is 0.972 bits per heavy atom. The fourth-order valence-corrected chi connectivity index (χ4v) is 4.29. The summed E-state index contributed by atoms with van der Waals surface area (Å²) in [6, 6.07) is 24.4. The highest BCUT2D eigenvalue weighted by Crippen LogP contribution is 2.26. The Hall–Kier alpha value is -4.23. The van der Waals surface area contributed by atoms with Crippen molar-refractivity contribution in [2.75, 3.05) is 12.4 Å². The smallest absolute Gasteiger partial charge is 0.339 e. The molecule has 0 aliphatic carbocycles. The Labute approximate surface area is 214 Å². The van der Waals surface area contributed by atoms with Gasteiger partial charge < -0.3 is 14.8 Å². The molecular weight excluding hydrogens is 472 g/mol. The number of hydrogen-bond donors (Lipinski definition) is 1. The van der Waals surface area contributed by atoms with Crippen molar-refractivity contribution in [3.63, 3.8) is 0 Å². The Morgan fingerprint density at radius 3 is 2.44 bits per heavy atom. The van der Waals surface area contributed by atoms with Crippen LogP contribution in [0.4, 0.5) is 5.69 Å². The minimum Gasteiger partial charge on any atom is -0.496 e. The second-order valence-electron chi connectivity index (χ2n) is 8.07. The molecule has 6 nitrogen and oxygen atoms in total. The zero-order chi connectivity index (χ0) is 25.3. The molecular formula is C29H26N2O4S. The highest BCUT2D eigenvalue weighted by molar-refractivity contribution is 7.09. The van der Waals surface area contributed by atoms with Crippen molar-refractivity contribution >= 4 is 40.5 Å². The normalized spacial score (nSPS) is 11.1. The van der Waals surface area contributed by atoms with Gasteiger partial charge in [-0.15, -0.1) is 11.3 Å². The Kier molecular flexibility index (Phi) is 8.26. The molecule has 4 aromatic rings. The first-order chi connectivity index (χ1) is 17.5. The fraction of sp³-hybridized carbons (Fsp3) is 0.138. The highest BCUT2D eigenvalue weighted by atomic mass is 32.1. The molecule has 3 aromatic carbocycles. The van der Waals surface area contributed by atoms with Gasteiger partial charge in [-0.2, -0.15) is 0 Å². The van der Waals surface area contributed by atoms with Gasteiger partial charge >= 0.3 is 5.97 Å². The fourth-order valence-electron chi connectivity index (χ4n) is 3.51. The number of nitrogens with zero attached hydrogens (tertiary/aromatic N) is 1. The van der Waals surface area contributed by atoms with Crippen LogP contribution in [-0.4, -0.2) is 24.0 Å². The first kappa shape index (κ1) is 24.9. The standard InChI is InChI=1S/C29H26N2O4S/c1-20-12-14-23(15-13-20)30-27(32)17-28-31-24(19-36-28)18-35-29(33)25(21-8-4-3-5-9-21)16-22-10-6-7-11-26(22)34-2/h3-16,19H,17-18H2,1-2H3,(H,30,32)/b25-16+. The molecule has 36 heavy (non-hydrogen) atoms. The van der Waals surface area contributed by atoms with Crippen LogP contribution >= 0.6 is 11.3 Å². The molecule has 0 aliphatic heterocycles. The second-order valence-corrected chi connectivity index (χ2v) is 9.01.